The predicted octanol–water partition coefficient (Wildman–Crippen LogP) is 5.79. The van der Waals surface area contributed by atoms with Gasteiger partial charge >= 0.3 is 0 Å². The molecular formula is C25H28N. The monoisotopic (exact) mass is 342 g/mol. The van der Waals surface area contributed by atoms with Crippen LogP contribution >= 0.6 is 0 Å². The number of aryl methyl sites for hydroxylation is 2. The molecule has 0 aliphatic rings. The van der Waals surface area contributed by atoms with Crippen molar-refractivity contribution in [1.29, 1.82) is 0 Å². The highest BCUT2D eigenvalue weighted by atomic mass is 14.9. The van der Waals surface area contributed by atoms with Crippen molar-refractivity contribution in [2.24, 2.45) is 0 Å². The highest BCUT2D eigenvalue weighted by molar-refractivity contribution is 5.22. The van der Waals surface area contributed by atoms with Crippen LogP contribution in [0.25, 0.3) is 0 Å². The van der Waals surface area contributed by atoms with Gasteiger partial charge in [0.15, 0.2) is 0 Å². The summed E-state index contributed by atoms with van der Waals surface area (Å²) in [6.07, 6.45) is 6.87. The lowest BCUT2D eigenvalue weighted by atomic mass is 9.98. The van der Waals surface area contributed by atoms with Gasteiger partial charge in [-0.3, -0.25) is 0 Å². The first-order valence-corrected chi connectivity index (χ1v) is 9.61. The fourth-order valence-electron chi connectivity index (χ4n) is 3.25. The van der Waals surface area contributed by atoms with Gasteiger partial charge in [0.1, 0.15) is 0 Å². The quantitative estimate of drug-likeness (QED) is 0.460. The minimum atomic E-state index is 0.315. The summed E-state index contributed by atoms with van der Waals surface area (Å²) in [5.41, 5.74) is 4.17. The molecule has 1 heteroatoms. The van der Waals surface area contributed by atoms with Crippen molar-refractivity contribution < 1.29 is 0 Å². The molecule has 3 rings (SSSR count). The molecule has 0 saturated carbocycles. The summed E-state index contributed by atoms with van der Waals surface area (Å²) in [5, 5.41) is 3.74. The van der Waals surface area contributed by atoms with E-state index in [2.05, 4.69) is 103 Å². The number of nitrogens with one attached hydrogen (secondary N) is 1. The van der Waals surface area contributed by atoms with Gasteiger partial charge < -0.3 is 5.32 Å². The Kier molecular flexibility index (Phi) is 7.49. The van der Waals surface area contributed by atoms with Gasteiger partial charge in [0, 0.05) is 6.04 Å². The summed E-state index contributed by atoms with van der Waals surface area (Å²) in [7, 11) is 0. The van der Waals surface area contributed by atoms with Crippen LogP contribution in [0.4, 0.5) is 0 Å². The maximum absolute atomic E-state index is 3.74. The van der Waals surface area contributed by atoms with Gasteiger partial charge in [-0.15, -0.1) is 0 Å². The molecule has 0 aliphatic carbocycles. The zero-order chi connectivity index (χ0) is 17.9. The minimum Gasteiger partial charge on any atom is -0.310 e. The topological polar surface area (TPSA) is 12.0 Å². The third-order valence-corrected chi connectivity index (χ3v) is 4.69. The molecule has 0 fully saturated rings. The standard InChI is InChI=1S/C25H28N/c1-4-12-22(13-5-1)16-10-20-25(24-18-8-3-9-19-24)26-21-11-17-23-14-6-2-7-15-23/h1-9,12-15,18-20,25-26H,10-11,16-17,21H2. The summed E-state index contributed by atoms with van der Waals surface area (Å²) >= 11 is 0. The molecule has 0 heterocycles. The summed E-state index contributed by atoms with van der Waals surface area (Å²) in [6.45, 7) is 1.02. The Morgan fingerprint density at radius 2 is 1.19 bits per heavy atom. The zero-order valence-corrected chi connectivity index (χ0v) is 15.4. The van der Waals surface area contributed by atoms with Crippen LogP contribution in [-0.2, 0) is 12.8 Å². The highest BCUT2D eigenvalue weighted by Gasteiger charge is 2.10. The molecule has 26 heavy (non-hydrogen) atoms. The van der Waals surface area contributed by atoms with Gasteiger partial charge in [-0.2, -0.15) is 0 Å². The first-order chi connectivity index (χ1) is 12.9. The molecule has 3 aromatic carbocycles. The van der Waals surface area contributed by atoms with Crippen molar-refractivity contribution in [2.75, 3.05) is 6.54 Å². The largest absolute Gasteiger partial charge is 0.310 e. The second-order valence-corrected chi connectivity index (χ2v) is 6.69. The number of benzene rings is 3. The predicted molar refractivity (Wildman–Crippen MR) is 111 cm³/mol. The zero-order valence-electron chi connectivity index (χ0n) is 15.4. The summed E-state index contributed by atoms with van der Waals surface area (Å²) in [5.74, 6) is 0. The SMILES string of the molecule is [CH](CCc1ccccc1)C(NCCCc1ccccc1)c1ccccc1. The van der Waals surface area contributed by atoms with Crippen LogP contribution in [0.2, 0.25) is 0 Å². The number of hydrogen-bond donors (Lipinski definition) is 1. The van der Waals surface area contributed by atoms with Crippen LogP contribution in [0, 0.1) is 6.42 Å². The van der Waals surface area contributed by atoms with E-state index < -0.39 is 0 Å². The van der Waals surface area contributed by atoms with Crippen LogP contribution in [0.1, 0.15) is 35.6 Å². The van der Waals surface area contributed by atoms with Crippen molar-refractivity contribution in [2.45, 2.75) is 31.7 Å². The molecule has 1 radical (unpaired) electrons. The lowest BCUT2D eigenvalue weighted by molar-refractivity contribution is 0.556. The van der Waals surface area contributed by atoms with Crippen molar-refractivity contribution in [3.05, 3.63) is 114 Å². The molecule has 1 atom stereocenters. The molecule has 3 aromatic rings. The average molecular weight is 343 g/mol. The van der Waals surface area contributed by atoms with Crippen molar-refractivity contribution >= 4 is 0 Å². The molecule has 0 aromatic heterocycles. The number of hydrogen-bond acceptors (Lipinski definition) is 1. The van der Waals surface area contributed by atoms with E-state index in [1.54, 1.807) is 0 Å². The van der Waals surface area contributed by atoms with E-state index in [-0.39, 0.29) is 0 Å². The Morgan fingerprint density at radius 3 is 1.81 bits per heavy atom. The van der Waals surface area contributed by atoms with Gasteiger partial charge in [-0.1, -0.05) is 91.0 Å². The minimum absolute atomic E-state index is 0.315. The van der Waals surface area contributed by atoms with E-state index in [4.69, 9.17) is 0 Å². The smallest absolute Gasteiger partial charge is 0.0352 e. The molecule has 1 unspecified atom stereocenters. The first kappa shape index (κ1) is 18.4. The molecule has 0 amide bonds. The van der Waals surface area contributed by atoms with E-state index in [1.165, 1.54) is 16.7 Å². The Hall–Kier alpha value is -2.38. The third-order valence-electron chi connectivity index (χ3n) is 4.69. The summed E-state index contributed by atoms with van der Waals surface area (Å²) < 4.78 is 0. The van der Waals surface area contributed by atoms with Crippen LogP contribution < -0.4 is 5.32 Å². The molecular weight excluding hydrogens is 314 g/mol. The molecule has 0 bridgehead atoms. The Bertz CT molecular complexity index is 722. The van der Waals surface area contributed by atoms with E-state index in [1.807, 2.05) is 0 Å². The number of rotatable bonds is 10. The van der Waals surface area contributed by atoms with Gasteiger partial charge in [-0.25, -0.2) is 0 Å². The molecule has 1 nitrogen and oxygen atoms in total. The fourth-order valence-corrected chi connectivity index (χ4v) is 3.25. The lowest BCUT2D eigenvalue weighted by Gasteiger charge is -2.19. The highest BCUT2D eigenvalue weighted by Crippen LogP contribution is 2.19. The van der Waals surface area contributed by atoms with Crippen molar-refractivity contribution in [3.8, 4) is 0 Å². The Morgan fingerprint density at radius 1 is 0.654 bits per heavy atom. The molecule has 1 N–H and O–H groups in total. The Balaban J connectivity index is 1.48. The summed E-state index contributed by atoms with van der Waals surface area (Å²) in [6, 6.07) is 32.5. The van der Waals surface area contributed by atoms with E-state index >= 15 is 0 Å². The van der Waals surface area contributed by atoms with Crippen LogP contribution in [0.3, 0.4) is 0 Å². The third kappa shape index (κ3) is 6.16. The Labute approximate surface area is 158 Å². The molecule has 133 valence electrons. The second kappa shape index (κ2) is 10.6. The fraction of sp³-hybridized carbons (Fsp3) is 0.240. The average Bonchev–Trinajstić information content (AvgIpc) is 2.72. The summed E-state index contributed by atoms with van der Waals surface area (Å²) in [4.78, 5) is 0. The maximum Gasteiger partial charge on any atom is 0.0352 e. The molecule has 0 aliphatic heterocycles. The van der Waals surface area contributed by atoms with Crippen molar-refractivity contribution in [1.82, 2.24) is 5.32 Å². The second-order valence-electron chi connectivity index (χ2n) is 6.69. The van der Waals surface area contributed by atoms with Gasteiger partial charge in [-0.05, 0) is 55.3 Å². The lowest BCUT2D eigenvalue weighted by Crippen LogP contribution is -2.23. The first-order valence-electron chi connectivity index (χ1n) is 9.61. The maximum atomic E-state index is 3.74. The van der Waals surface area contributed by atoms with E-state index in [0.717, 1.165) is 32.2 Å². The van der Waals surface area contributed by atoms with Gasteiger partial charge in [0.2, 0.25) is 0 Å². The van der Waals surface area contributed by atoms with Gasteiger partial charge in [0.05, 0.1) is 0 Å². The molecule has 0 saturated heterocycles. The van der Waals surface area contributed by atoms with Gasteiger partial charge in [0.25, 0.3) is 0 Å². The van der Waals surface area contributed by atoms with Crippen LogP contribution in [-0.4, -0.2) is 6.54 Å². The normalized spacial score (nSPS) is 12.0. The van der Waals surface area contributed by atoms with E-state index in [9.17, 15) is 0 Å². The van der Waals surface area contributed by atoms with Crippen LogP contribution in [0.5, 0.6) is 0 Å². The van der Waals surface area contributed by atoms with E-state index in [0.29, 0.717) is 6.04 Å². The van der Waals surface area contributed by atoms with Crippen LogP contribution in [0.15, 0.2) is 91.0 Å². The van der Waals surface area contributed by atoms with Crippen molar-refractivity contribution in [3.63, 3.8) is 0 Å². The molecule has 0 spiro atoms.